The lowest BCUT2D eigenvalue weighted by Gasteiger charge is -2.20. The van der Waals surface area contributed by atoms with Crippen molar-refractivity contribution in [1.82, 2.24) is 0 Å². The van der Waals surface area contributed by atoms with Gasteiger partial charge in [-0.25, -0.2) is 0 Å². The summed E-state index contributed by atoms with van der Waals surface area (Å²) in [5, 5.41) is 26.7. The Morgan fingerprint density at radius 2 is 1.71 bits per heavy atom. The summed E-state index contributed by atoms with van der Waals surface area (Å²) in [5.74, 6) is 0. The zero-order valence-electron chi connectivity index (χ0n) is 16.3. The predicted molar refractivity (Wildman–Crippen MR) is 117 cm³/mol. The third-order valence-electron chi connectivity index (χ3n) is 3.70. The molecule has 2 aromatic carbocycles. The quantitative estimate of drug-likeness (QED) is 0.188. The van der Waals surface area contributed by atoms with E-state index in [1.807, 2.05) is 0 Å². The van der Waals surface area contributed by atoms with E-state index in [-0.39, 0.29) is 34.9 Å². The summed E-state index contributed by atoms with van der Waals surface area (Å²) in [6.07, 6.45) is 0. The Labute approximate surface area is 186 Å². The number of non-ortho nitro benzene ring substituents is 1. The van der Waals surface area contributed by atoms with Gasteiger partial charge in [0.15, 0.2) is 5.45 Å². The smallest absolute Gasteiger partial charge is 0.304 e. The first-order valence-electron chi connectivity index (χ1n) is 8.74. The number of rotatable bonds is 10. The molecule has 14 heteroatoms. The van der Waals surface area contributed by atoms with Crippen molar-refractivity contribution >= 4 is 53.3 Å². The molecule has 0 spiro atoms. The van der Waals surface area contributed by atoms with Crippen LogP contribution in [0.25, 0.3) is 0 Å². The van der Waals surface area contributed by atoms with Crippen LogP contribution in [-0.4, -0.2) is 28.5 Å². The fraction of sp³-hybridized carbons (Fsp3) is 0.235. The van der Waals surface area contributed by atoms with Crippen LogP contribution in [0.15, 0.2) is 41.5 Å². The zero-order chi connectivity index (χ0) is 23.2. The Hall–Kier alpha value is -2.56. The van der Waals surface area contributed by atoms with Gasteiger partial charge >= 0.3 is 13.3 Å². The highest BCUT2D eigenvalue weighted by molar-refractivity contribution is 7.73. The Kier molecular flexibility index (Phi) is 8.49. The second-order valence-electron chi connectivity index (χ2n) is 5.72. The molecular weight excluding hydrogens is 474 g/mol. The van der Waals surface area contributed by atoms with E-state index >= 15 is 0 Å². The SMILES string of the molecule is CCOP(=O)(OCC)/C(=N/Nc1ccc([N+](=O)[O-])cc1[N+](=O)[O-])c1ccc(Cl)cc1Cl. The first kappa shape index (κ1) is 24.7. The molecule has 31 heavy (non-hydrogen) atoms. The van der Waals surface area contributed by atoms with Crippen LogP contribution >= 0.6 is 30.8 Å². The molecule has 11 nitrogen and oxygen atoms in total. The maximum atomic E-state index is 13.4. The van der Waals surface area contributed by atoms with Gasteiger partial charge < -0.3 is 9.05 Å². The van der Waals surface area contributed by atoms with E-state index in [4.69, 9.17) is 32.2 Å². The van der Waals surface area contributed by atoms with Crippen LogP contribution in [0.4, 0.5) is 17.1 Å². The molecule has 0 amide bonds. The average molecular weight is 491 g/mol. The molecule has 0 fully saturated rings. The van der Waals surface area contributed by atoms with Gasteiger partial charge in [0.25, 0.3) is 5.69 Å². The van der Waals surface area contributed by atoms with Gasteiger partial charge in [0.1, 0.15) is 5.69 Å². The molecule has 0 aliphatic rings. The van der Waals surface area contributed by atoms with Crippen molar-refractivity contribution in [2.45, 2.75) is 13.8 Å². The molecule has 0 saturated carbocycles. The maximum Gasteiger partial charge on any atom is 0.382 e. The van der Waals surface area contributed by atoms with Gasteiger partial charge in [0.2, 0.25) is 0 Å². The number of hydrogen-bond donors (Lipinski definition) is 1. The van der Waals surface area contributed by atoms with Gasteiger partial charge in [-0.05, 0) is 38.1 Å². The van der Waals surface area contributed by atoms with Crippen molar-refractivity contribution in [3.63, 3.8) is 0 Å². The fourth-order valence-corrected chi connectivity index (χ4v) is 4.66. The molecule has 0 saturated heterocycles. The Morgan fingerprint density at radius 3 is 2.23 bits per heavy atom. The normalized spacial score (nSPS) is 11.9. The number of nitro groups is 2. The highest BCUT2D eigenvalue weighted by Gasteiger charge is 2.35. The molecule has 0 atom stereocenters. The van der Waals surface area contributed by atoms with Crippen molar-refractivity contribution in [2.24, 2.45) is 5.10 Å². The Morgan fingerprint density at radius 1 is 1.06 bits per heavy atom. The average Bonchev–Trinajstić information content (AvgIpc) is 2.69. The number of nitrogens with one attached hydrogen (secondary N) is 1. The van der Waals surface area contributed by atoms with E-state index in [0.717, 1.165) is 18.2 Å². The van der Waals surface area contributed by atoms with E-state index < -0.39 is 28.8 Å². The van der Waals surface area contributed by atoms with Crippen LogP contribution in [0.2, 0.25) is 10.0 Å². The first-order chi connectivity index (χ1) is 14.6. The van der Waals surface area contributed by atoms with E-state index in [1.54, 1.807) is 13.8 Å². The number of anilines is 1. The lowest BCUT2D eigenvalue weighted by molar-refractivity contribution is -0.393. The minimum absolute atomic E-state index is 0.0131. The third-order valence-corrected chi connectivity index (χ3v) is 6.30. The maximum absolute atomic E-state index is 13.4. The van der Waals surface area contributed by atoms with Gasteiger partial charge in [0.05, 0.1) is 34.1 Å². The summed E-state index contributed by atoms with van der Waals surface area (Å²) in [6.45, 7) is 3.22. The number of nitro benzene ring substituents is 2. The van der Waals surface area contributed by atoms with Crippen molar-refractivity contribution in [1.29, 1.82) is 0 Å². The van der Waals surface area contributed by atoms with Gasteiger partial charge in [-0.3, -0.25) is 30.2 Å². The second-order valence-corrected chi connectivity index (χ2v) is 8.50. The van der Waals surface area contributed by atoms with Crippen LogP contribution in [0, 0.1) is 20.2 Å². The van der Waals surface area contributed by atoms with Gasteiger partial charge in [-0.1, -0.05) is 23.2 Å². The van der Waals surface area contributed by atoms with Crippen molar-refractivity contribution < 1.29 is 23.5 Å². The molecule has 0 radical (unpaired) electrons. The zero-order valence-corrected chi connectivity index (χ0v) is 18.7. The summed E-state index contributed by atoms with van der Waals surface area (Å²) >= 11 is 12.2. The number of hydrogen-bond acceptors (Lipinski definition) is 9. The third kappa shape index (κ3) is 5.99. The monoisotopic (exact) mass is 490 g/mol. The van der Waals surface area contributed by atoms with Crippen LogP contribution < -0.4 is 5.43 Å². The summed E-state index contributed by atoms with van der Waals surface area (Å²) in [4.78, 5) is 20.7. The number of nitrogens with zero attached hydrogens (tertiary/aromatic N) is 3. The number of benzene rings is 2. The standard InChI is InChI=1S/C17H17Cl2N4O7P/c1-3-29-31(28,30-4-2)17(13-7-5-11(18)9-14(13)19)21-20-15-8-6-12(22(24)25)10-16(15)23(26)27/h5-10,20H,3-4H2,1-2H3/b21-17+. The minimum atomic E-state index is -4.01. The predicted octanol–water partition coefficient (Wildman–Crippen LogP) is 5.85. The molecule has 2 rings (SSSR count). The van der Waals surface area contributed by atoms with Gasteiger partial charge in [-0.15, -0.1) is 0 Å². The van der Waals surface area contributed by atoms with Crippen LogP contribution in [-0.2, 0) is 13.6 Å². The Bertz CT molecular complexity index is 1070. The molecule has 166 valence electrons. The summed E-state index contributed by atoms with van der Waals surface area (Å²) < 4.78 is 24.1. The van der Waals surface area contributed by atoms with E-state index in [9.17, 15) is 24.8 Å². The summed E-state index contributed by atoms with van der Waals surface area (Å²) in [5.41, 5.74) is 1.07. The van der Waals surface area contributed by atoms with Crippen LogP contribution in [0.5, 0.6) is 0 Å². The van der Waals surface area contributed by atoms with Gasteiger partial charge in [-0.2, -0.15) is 5.10 Å². The van der Waals surface area contributed by atoms with E-state index in [2.05, 4.69) is 10.5 Å². The lowest BCUT2D eigenvalue weighted by Crippen LogP contribution is -2.12. The molecule has 2 aromatic rings. The summed E-state index contributed by atoms with van der Waals surface area (Å²) in [7, 11) is -4.01. The van der Waals surface area contributed by atoms with Gasteiger partial charge in [0, 0.05) is 16.7 Å². The van der Waals surface area contributed by atoms with E-state index in [1.165, 1.54) is 18.2 Å². The van der Waals surface area contributed by atoms with Crippen LogP contribution in [0.3, 0.4) is 0 Å². The van der Waals surface area contributed by atoms with Crippen LogP contribution in [0.1, 0.15) is 19.4 Å². The molecular formula is C17H17Cl2N4O7P. The number of hydrazone groups is 1. The molecule has 0 aliphatic heterocycles. The topological polar surface area (TPSA) is 146 Å². The molecule has 0 unspecified atom stereocenters. The second kappa shape index (κ2) is 10.7. The number of halogens is 2. The van der Waals surface area contributed by atoms with Crippen molar-refractivity contribution in [3.05, 3.63) is 72.2 Å². The minimum Gasteiger partial charge on any atom is -0.304 e. The van der Waals surface area contributed by atoms with Crippen molar-refractivity contribution in [3.8, 4) is 0 Å². The molecule has 0 aliphatic carbocycles. The molecule has 1 N–H and O–H groups in total. The summed E-state index contributed by atoms with van der Waals surface area (Å²) in [6, 6.07) is 7.26. The first-order valence-corrected chi connectivity index (χ1v) is 11.0. The molecule has 0 aromatic heterocycles. The van der Waals surface area contributed by atoms with E-state index in [0.29, 0.717) is 5.02 Å². The molecule has 0 heterocycles. The Balaban J connectivity index is 2.63. The largest absolute Gasteiger partial charge is 0.382 e. The highest BCUT2D eigenvalue weighted by atomic mass is 35.5. The highest BCUT2D eigenvalue weighted by Crippen LogP contribution is 2.52. The molecule has 0 bridgehead atoms. The van der Waals surface area contributed by atoms with Crippen molar-refractivity contribution in [2.75, 3.05) is 18.6 Å². The lowest BCUT2D eigenvalue weighted by atomic mass is 10.2. The fourth-order valence-electron chi connectivity index (χ4n) is 2.43.